The van der Waals surface area contributed by atoms with Crippen LogP contribution in [0.15, 0.2) is 72.3 Å². The predicted molar refractivity (Wildman–Crippen MR) is 267 cm³/mol. The Kier molecular flexibility index (Phi) is 16.9. The van der Waals surface area contributed by atoms with E-state index < -0.39 is 124 Å². The molecule has 73 heavy (non-hydrogen) atoms. The lowest BCUT2D eigenvalue weighted by Gasteiger charge is -2.63. The number of amides is 4. The lowest BCUT2D eigenvalue weighted by atomic mass is 9.44. The molecule has 1 aliphatic heterocycles. The summed E-state index contributed by atoms with van der Waals surface area (Å²) in [4.78, 5) is 89.2. The van der Waals surface area contributed by atoms with Crippen molar-refractivity contribution in [3.05, 3.63) is 89.0 Å². The second-order valence-electron chi connectivity index (χ2n) is 20.8. The van der Waals surface area contributed by atoms with Crippen LogP contribution in [-0.4, -0.2) is 122 Å². The van der Waals surface area contributed by atoms with E-state index in [9.17, 15) is 48.9 Å². The molecule has 2 aromatic rings. The smallest absolute Gasteiger partial charge is 0.305 e. The lowest BCUT2D eigenvalue weighted by Crippen LogP contribution is -2.70. The van der Waals surface area contributed by atoms with E-state index in [4.69, 9.17) is 9.47 Å². The van der Waals surface area contributed by atoms with Gasteiger partial charge in [0.15, 0.2) is 29.1 Å². The second kappa shape index (κ2) is 22.2. The van der Waals surface area contributed by atoms with Gasteiger partial charge in [-0.15, -0.1) is 11.8 Å². The molecule has 1 saturated heterocycles. The number of aliphatic hydroxyl groups excluding tert-OH is 2. The third-order valence-electron chi connectivity index (χ3n) is 16.0. The number of ketones is 2. The minimum Gasteiger partial charge on any atom is -0.481 e. The second-order valence-corrected chi connectivity index (χ2v) is 22.5. The van der Waals surface area contributed by atoms with Crippen LogP contribution in [-0.2, 0) is 49.5 Å². The van der Waals surface area contributed by atoms with Crippen molar-refractivity contribution in [1.82, 2.24) is 16.0 Å². The maximum absolute atomic E-state index is 17.8. The van der Waals surface area contributed by atoms with Crippen LogP contribution in [0.25, 0.3) is 0 Å². The number of nitrogens with one attached hydrogen (secondary N) is 4. The Hall–Kier alpha value is -5.34. The number of halogens is 2. The summed E-state index contributed by atoms with van der Waals surface area (Å²) in [5, 5.41) is 41.3. The van der Waals surface area contributed by atoms with E-state index in [1.807, 2.05) is 25.1 Å². The Morgan fingerprint density at radius 2 is 1.64 bits per heavy atom. The van der Waals surface area contributed by atoms with Gasteiger partial charge in [0.25, 0.3) is 0 Å². The van der Waals surface area contributed by atoms with E-state index in [1.165, 1.54) is 44.7 Å². The van der Waals surface area contributed by atoms with E-state index in [-0.39, 0.29) is 49.5 Å². The van der Waals surface area contributed by atoms with Crippen LogP contribution in [0.4, 0.5) is 14.5 Å². The molecule has 4 fully saturated rings. The van der Waals surface area contributed by atoms with Crippen LogP contribution in [0.2, 0.25) is 0 Å². The average molecular weight is 1040 g/mol. The van der Waals surface area contributed by atoms with Crippen LogP contribution in [0.1, 0.15) is 116 Å². The van der Waals surface area contributed by atoms with Crippen molar-refractivity contribution in [2.45, 2.75) is 158 Å². The number of carboxylic acids is 1. The number of ether oxygens (including phenoxy) is 2. The largest absolute Gasteiger partial charge is 0.481 e. The summed E-state index contributed by atoms with van der Waals surface area (Å²) in [5.41, 5.74) is -4.25. The van der Waals surface area contributed by atoms with Gasteiger partial charge in [0, 0.05) is 46.2 Å². The Labute approximate surface area is 428 Å². The molecule has 19 heteroatoms. The number of rotatable bonds is 21. The zero-order valence-corrected chi connectivity index (χ0v) is 42.9. The van der Waals surface area contributed by atoms with E-state index in [0.717, 1.165) is 36.5 Å². The summed E-state index contributed by atoms with van der Waals surface area (Å²) in [5.74, 6) is -6.08. The van der Waals surface area contributed by atoms with Crippen LogP contribution >= 0.6 is 11.8 Å². The summed E-state index contributed by atoms with van der Waals surface area (Å²) in [6.45, 7) is 9.24. The summed E-state index contributed by atoms with van der Waals surface area (Å²) >= 11 is 1.29. The van der Waals surface area contributed by atoms with E-state index in [2.05, 4.69) is 28.2 Å². The monoisotopic (exact) mass is 1030 g/mol. The molecule has 16 nitrogen and oxygen atoms in total. The summed E-state index contributed by atoms with van der Waals surface area (Å²) in [6, 6.07) is 12.4. The number of hydrogen-bond acceptors (Lipinski definition) is 12. The normalized spacial score (nSPS) is 31.5. The molecule has 3 saturated carbocycles. The first kappa shape index (κ1) is 55.4. The van der Waals surface area contributed by atoms with Crippen LogP contribution in [0.5, 0.6) is 0 Å². The fraction of sp³-hybridized carbons (Fsp3) is 0.574. The molecule has 0 aromatic heterocycles. The van der Waals surface area contributed by atoms with E-state index in [1.54, 1.807) is 37.3 Å². The van der Waals surface area contributed by atoms with Crippen molar-refractivity contribution in [2.75, 3.05) is 18.5 Å². The van der Waals surface area contributed by atoms with Gasteiger partial charge in [-0.25, -0.2) is 8.78 Å². The molecule has 0 bridgehead atoms. The zero-order valence-electron chi connectivity index (χ0n) is 42.1. The van der Waals surface area contributed by atoms with Gasteiger partial charge in [0.05, 0.1) is 23.9 Å². The number of carboxylic acid groups (broad SMARTS) is 1. The molecule has 1 heterocycles. The highest BCUT2D eigenvalue weighted by Crippen LogP contribution is 2.72. The molecule has 4 aliphatic carbocycles. The number of fused-ring (bicyclic) bond motifs is 7. The van der Waals surface area contributed by atoms with E-state index in [0.29, 0.717) is 17.7 Å². The van der Waals surface area contributed by atoms with Crippen molar-refractivity contribution in [3.63, 3.8) is 0 Å². The number of carbonyl (C=O) groups excluding carboxylic acids is 6. The number of carbonyl (C=O) groups is 7. The number of aliphatic hydroxyl groups is 2. The molecule has 7 N–H and O–H groups in total. The lowest BCUT2D eigenvalue weighted by molar-refractivity contribution is -0.235. The third-order valence-corrected chi connectivity index (χ3v) is 17.4. The van der Waals surface area contributed by atoms with Gasteiger partial charge < -0.3 is 46.1 Å². The highest BCUT2D eigenvalue weighted by molar-refractivity contribution is 8.01. The predicted octanol–water partition coefficient (Wildman–Crippen LogP) is 5.53. The first-order chi connectivity index (χ1) is 34.5. The van der Waals surface area contributed by atoms with Crippen molar-refractivity contribution in [3.8, 4) is 0 Å². The molecular weight excluding hydrogens is 967 g/mol. The number of aliphatic carboxylic acids is 1. The van der Waals surface area contributed by atoms with Crippen LogP contribution in [0, 0.1) is 22.7 Å². The molecular formula is C54H68F2N4O12S. The minimum absolute atomic E-state index is 0.00537. The number of alkyl halides is 2. The minimum atomic E-state index is -2.36. The number of benzene rings is 2. The topological polar surface area (TPSA) is 247 Å². The molecule has 14 atom stereocenters. The van der Waals surface area contributed by atoms with Crippen molar-refractivity contribution in [1.29, 1.82) is 0 Å². The molecule has 5 aliphatic rings. The van der Waals surface area contributed by atoms with E-state index >= 15 is 8.78 Å². The van der Waals surface area contributed by atoms with Crippen molar-refractivity contribution < 1.29 is 67.1 Å². The quantitative estimate of drug-likeness (QED) is 0.0815. The highest BCUT2D eigenvalue weighted by Gasteiger charge is 2.80. The number of hydrogen-bond donors (Lipinski definition) is 7. The number of allylic oxidation sites excluding steroid dienone is 4. The van der Waals surface area contributed by atoms with Crippen LogP contribution < -0.4 is 21.3 Å². The van der Waals surface area contributed by atoms with Gasteiger partial charge in [-0.2, -0.15) is 0 Å². The van der Waals surface area contributed by atoms with Gasteiger partial charge in [0.2, 0.25) is 23.6 Å². The van der Waals surface area contributed by atoms with Gasteiger partial charge in [-0.1, -0.05) is 76.1 Å². The first-order valence-electron chi connectivity index (χ1n) is 25.2. The average Bonchev–Trinajstić information content (AvgIpc) is 3.84. The molecule has 7 rings (SSSR count). The molecule has 4 amide bonds. The summed E-state index contributed by atoms with van der Waals surface area (Å²) in [7, 11) is 0. The van der Waals surface area contributed by atoms with Gasteiger partial charge >= 0.3 is 5.97 Å². The number of Topliss-reactive ketones (excluding diaryl/α,β-unsaturated/α-hetero) is 1. The van der Waals surface area contributed by atoms with Gasteiger partial charge in [0.1, 0.15) is 24.9 Å². The highest BCUT2D eigenvalue weighted by atomic mass is 32.2. The fourth-order valence-electron chi connectivity index (χ4n) is 12.2. The fourth-order valence-corrected chi connectivity index (χ4v) is 13.5. The molecule has 0 spiro atoms. The van der Waals surface area contributed by atoms with Crippen LogP contribution in [0.3, 0.4) is 0 Å². The van der Waals surface area contributed by atoms with Crippen molar-refractivity contribution >= 4 is 58.6 Å². The molecule has 2 aromatic carbocycles. The third kappa shape index (κ3) is 10.8. The zero-order chi connectivity index (χ0) is 53.2. The first-order valence-corrected chi connectivity index (χ1v) is 26.1. The molecule has 2 unspecified atom stereocenters. The van der Waals surface area contributed by atoms with Gasteiger partial charge in [-0.3, -0.25) is 33.6 Å². The number of thioether (sulfide) groups is 1. The maximum Gasteiger partial charge on any atom is 0.305 e. The Balaban J connectivity index is 0.911. The Morgan fingerprint density at radius 3 is 2.33 bits per heavy atom. The SMILES string of the molecule is CCCCC(C)SC(CC(=O)O)C(=O)NCCC(=O)N[C@@H](C)C(=O)N[C@@H](C)C(=O)Nc1cccc(Cc2ccc([C@@H]3O[C@@H]4C[C@H]5[C@@H]6C[C@H](F)C7=CC(=O)C=C[C@]7(C)[C@@]6(F)[C@@H](O)C[C@]5(C)[C@]4(C(=O)CO)O3)cc2)c1. The Bertz CT molecular complexity index is 2530. The van der Waals surface area contributed by atoms with Gasteiger partial charge in [-0.05, 0) is 99.8 Å². The Morgan fingerprint density at radius 1 is 0.932 bits per heavy atom. The molecule has 0 radical (unpaired) electrons. The van der Waals surface area contributed by atoms with Crippen molar-refractivity contribution in [2.24, 2.45) is 22.7 Å². The summed E-state index contributed by atoms with van der Waals surface area (Å²) < 4.78 is 46.9. The summed E-state index contributed by atoms with van der Waals surface area (Å²) in [6.07, 6.45) is 0.661. The maximum atomic E-state index is 17.8. The number of anilines is 1. The molecule has 396 valence electrons. The standard InChI is InChI=1S/C54H68F2N4O12S/c1-7-8-10-29(2)73-41(26-46(66)67)49(70)57-20-18-45(65)58-30(3)47(68)59-31(4)48(69)60-35-12-9-11-33(22-35)21-32-13-15-34(16-14-32)50-71-44-25-37-38-24-40(55)39-23-36(62)17-19-51(39,5)53(38,56)42(63)27-52(37,6)54(44,72-50)43(64)28-61/h9,11-17,19,22-23,29-31,37-38,40-42,44,50,61,63H,7-8,10,18,20-21,24-28H2,1-6H3,(H,57,70)(H,58,65)(H,59,68)(H,60,69)(H,66,67)/t29?,30-,31-,37-,38-,40-,41?,42-,44+,50+,51-,52-,53-,54+/m0/s1. The number of unbranched alkanes of at least 4 members (excludes halogenated alkanes) is 1.